The molecular weight excluding hydrogens is 306 g/mol. The van der Waals surface area contributed by atoms with Crippen molar-refractivity contribution >= 4 is 26.0 Å². The van der Waals surface area contributed by atoms with E-state index in [9.17, 15) is 8.42 Å². The first-order valence-electron chi connectivity index (χ1n) is 5.42. The van der Waals surface area contributed by atoms with Crippen LogP contribution in [0.25, 0.3) is 0 Å². The second-order valence-corrected chi connectivity index (χ2v) is 6.68. The van der Waals surface area contributed by atoms with Gasteiger partial charge in [0.25, 0.3) is 10.0 Å². The molecule has 98 valence electrons. The zero-order chi connectivity index (χ0) is 13.1. The lowest BCUT2D eigenvalue weighted by Gasteiger charge is -2.10. The van der Waals surface area contributed by atoms with Crippen LogP contribution >= 0.6 is 15.9 Å². The molecule has 0 aromatic carbocycles. The van der Waals surface area contributed by atoms with Crippen LogP contribution < -0.4 is 4.72 Å². The molecule has 0 aliphatic carbocycles. The summed E-state index contributed by atoms with van der Waals surface area (Å²) in [6.07, 6.45) is 2.45. The van der Waals surface area contributed by atoms with Crippen LogP contribution in [0.3, 0.4) is 0 Å². The third-order valence-corrected chi connectivity index (χ3v) is 4.34. The first kappa shape index (κ1) is 14.7. The van der Waals surface area contributed by atoms with Gasteiger partial charge in [-0.1, -0.05) is 22.9 Å². The number of aryl methyl sites for hydroxylation is 2. The molecule has 1 aromatic heterocycles. The second-order valence-electron chi connectivity index (χ2n) is 4.17. The minimum Gasteiger partial charge on any atom is -0.337 e. The molecule has 0 radical (unpaired) electrons. The number of hydrogen-bond acceptors (Lipinski definition) is 3. The van der Waals surface area contributed by atoms with Crippen molar-refractivity contribution in [3.63, 3.8) is 0 Å². The Labute approximate surface area is 111 Å². The monoisotopic (exact) mass is 323 g/mol. The lowest BCUT2D eigenvalue weighted by Crippen LogP contribution is -2.28. The second kappa shape index (κ2) is 5.97. The van der Waals surface area contributed by atoms with Crippen LogP contribution in [0.4, 0.5) is 0 Å². The van der Waals surface area contributed by atoms with Gasteiger partial charge in [-0.3, -0.25) is 0 Å². The van der Waals surface area contributed by atoms with Crippen molar-refractivity contribution < 1.29 is 8.42 Å². The van der Waals surface area contributed by atoms with E-state index in [0.29, 0.717) is 18.3 Å². The number of imidazole rings is 1. The van der Waals surface area contributed by atoms with Crippen LogP contribution in [0.2, 0.25) is 0 Å². The fourth-order valence-corrected chi connectivity index (χ4v) is 3.25. The highest BCUT2D eigenvalue weighted by Gasteiger charge is 2.18. The summed E-state index contributed by atoms with van der Waals surface area (Å²) in [7, 11) is -1.70. The van der Waals surface area contributed by atoms with Crippen molar-refractivity contribution in [2.45, 2.75) is 25.3 Å². The molecular formula is C10H18BrN3O2S. The maximum atomic E-state index is 11.9. The molecule has 0 aliphatic heterocycles. The summed E-state index contributed by atoms with van der Waals surface area (Å²) in [6.45, 7) is 4.21. The molecule has 0 bridgehead atoms. The van der Waals surface area contributed by atoms with Gasteiger partial charge in [-0.15, -0.1) is 0 Å². The molecule has 0 amide bonds. The van der Waals surface area contributed by atoms with Crippen LogP contribution in [0, 0.1) is 12.8 Å². The van der Waals surface area contributed by atoms with E-state index in [1.54, 1.807) is 18.5 Å². The van der Waals surface area contributed by atoms with Crippen molar-refractivity contribution in [1.82, 2.24) is 14.3 Å². The molecule has 5 nitrogen and oxygen atoms in total. The third kappa shape index (κ3) is 4.08. The van der Waals surface area contributed by atoms with E-state index in [-0.39, 0.29) is 5.03 Å². The molecule has 7 heteroatoms. The molecule has 1 heterocycles. The van der Waals surface area contributed by atoms with Crippen molar-refractivity contribution in [2.24, 2.45) is 13.0 Å². The van der Waals surface area contributed by atoms with E-state index in [1.807, 2.05) is 6.92 Å². The maximum Gasteiger partial charge on any atom is 0.259 e. The number of nitrogens with zero attached hydrogens (tertiary/aromatic N) is 2. The van der Waals surface area contributed by atoms with Crippen molar-refractivity contribution in [2.75, 3.05) is 11.9 Å². The summed E-state index contributed by atoms with van der Waals surface area (Å²) < 4.78 is 28.1. The fourth-order valence-electron chi connectivity index (χ4n) is 1.27. The highest BCUT2D eigenvalue weighted by molar-refractivity contribution is 9.09. The average molecular weight is 324 g/mol. The van der Waals surface area contributed by atoms with E-state index in [2.05, 4.69) is 25.6 Å². The smallest absolute Gasteiger partial charge is 0.259 e. The van der Waals surface area contributed by atoms with Crippen molar-refractivity contribution in [3.05, 3.63) is 12.0 Å². The average Bonchev–Trinajstić information content (AvgIpc) is 2.58. The third-order valence-electron chi connectivity index (χ3n) is 2.59. The number of rotatable bonds is 6. The summed E-state index contributed by atoms with van der Waals surface area (Å²) >= 11 is 3.34. The largest absolute Gasteiger partial charge is 0.337 e. The Morgan fingerprint density at radius 1 is 1.59 bits per heavy atom. The maximum absolute atomic E-state index is 11.9. The number of alkyl halides is 1. The number of halogens is 1. The van der Waals surface area contributed by atoms with Gasteiger partial charge in [0, 0.05) is 25.1 Å². The van der Waals surface area contributed by atoms with Crippen molar-refractivity contribution in [1.29, 1.82) is 0 Å². The first-order chi connectivity index (χ1) is 7.86. The van der Waals surface area contributed by atoms with Gasteiger partial charge in [-0.05, 0) is 19.3 Å². The van der Waals surface area contributed by atoms with E-state index in [1.165, 1.54) is 6.20 Å². The molecule has 0 saturated carbocycles. The van der Waals surface area contributed by atoms with Gasteiger partial charge in [-0.25, -0.2) is 18.1 Å². The van der Waals surface area contributed by atoms with Gasteiger partial charge < -0.3 is 4.57 Å². The molecule has 17 heavy (non-hydrogen) atoms. The van der Waals surface area contributed by atoms with Gasteiger partial charge in [0.15, 0.2) is 5.03 Å². The van der Waals surface area contributed by atoms with Crippen LogP contribution in [-0.4, -0.2) is 29.8 Å². The molecule has 1 atom stereocenters. The van der Waals surface area contributed by atoms with Crippen LogP contribution in [0.15, 0.2) is 11.2 Å². The minimum atomic E-state index is -3.47. The van der Waals surface area contributed by atoms with E-state index in [4.69, 9.17) is 0 Å². The number of sulfonamides is 1. The van der Waals surface area contributed by atoms with Crippen LogP contribution in [-0.2, 0) is 17.1 Å². The highest BCUT2D eigenvalue weighted by atomic mass is 79.9. The van der Waals surface area contributed by atoms with E-state index in [0.717, 1.165) is 11.8 Å². The standard InChI is InChI=1S/C10H18BrN3O2S/c1-8(4-5-11)6-12-17(15,16)10-7-14(3)9(2)13-10/h7-8,12H,4-6H2,1-3H3. The number of aromatic nitrogens is 2. The normalized spacial score (nSPS) is 13.9. The van der Waals surface area contributed by atoms with E-state index < -0.39 is 10.0 Å². The summed E-state index contributed by atoms with van der Waals surface area (Å²) in [5, 5.41) is 0.960. The molecule has 0 aliphatic rings. The Morgan fingerprint density at radius 3 is 2.71 bits per heavy atom. The van der Waals surface area contributed by atoms with Gasteiger partial charge in [0.2, 0.25) is 0 Å². The molecule has 1 rings (SSSR count). The predicted octanol–water partition coefficient (Wildman–Crippen LogP) is 1.43. The first-order valence-corrected chi connectivity index (χ1v) is 8.03. The molecule has 0 fully saturated rings. The highest BCUT2D eigenvalue weighted by Crippen LogP contribution is 2.09. The van der Waals surface area contributed by atoms with Crippen molar-refractivity contribution in [3.8, 4) is 0 Å². The zero-order valence-corrected chi connectivity index (χ0v) is 12.7. The summed E-state index contributed by atoms with van der Waals surface area (Å²) in [4.78, 5) is 4.01. The fraction of sp³-hybridized carbons (Fsp3) is 0.700. The lowest BCUT2D eigenvalue weighted by atomic mass is 10.1. The van der Waals surface area contributed by atoms with Gasteiger partial charge in [0.1, 0.15) is 5.82 Å². The Bertz CT molecular complexity index is 450. The predicted molar refractivity (Wildman–Crippen MR) is 70.7 cm³/mol. The van der Waals surface area contributed by atoms with Gasteiger partial charge >= 0.3 is 0 Å². The Hall–Kier alpha value is -0.400. The molecule has 1 N–H and O–H groups in total. The molecule has 0 spiro atoms. The van der Waals surface area contributed by atoms with E-state index >= 15 is 0 Å². The summed E-state index contributed by atoms with van der Waals surface area (Å²) in [6, 6.07) is 0. The van der Waals surface area contributed by atoms with Gasteiger partial charge in [0.05, 0.1) is 0 Å². The minimum absolute atomic E-state index is 0.0866. The zero-order valence-electron chi connectivity index (χ0n) is 10.3. The summed E-state index contributed by atoms with van der Waals surface area (Å²) in [5.74, 6) is 0.979. The SMILES string of the molecule is Cc1nc(S(=O)(=O)NCC(C)CCBr)cn1C. The molecule has 1 unspecified atom stereocenters. The quantitative estimate of drug-likeness (QED) is 0.805. The van der Waals surface area contributed by atoms with Crippen LogP contribution in [0.1, 0.15) is 19.2 Å². The molecule has 1 aromatic rings. The summed E-state index contributed by atoms with van der Waals surface area (Å²) in [5.41, 5.74) is 0. The Balaban J connectivity index is 2.69. The van der Waals surface area contributed by atoms with Gasteiger partial charge in [-0.2, -0.15) is 0 Å². The Morgan fingerprint density at radius 2 is 2.24 bits per heavy atom. The Kier molecular flexibility index (Phi) is 5.15. The van der Waals surface area contributed by atoms with Crippen LogP contribution in [0.5, 0.6) is 0 Å². The number of nitrogens with one attached hydrogen (secondary N) is 1. The molecule has 0 saturated heterocycles. The lowest BCUT2D eigenvalue weighted by molar-refractivity contribution is 0.530. The number of hydrogen-bond donors (Lipinski definition) is 1. The topological polar surface area (TPSA) is 64.0 Å².